The normalized spacial score (nSPS) is 27.2. The number of amides is 1. The number of fused-ring (bicyclic) bond motifs is 1. The molecule has 0 aromatic carbocycles. The van der Waals surface area contributed by atoms with Crippen molar-refractivity contribution in [2.24, 2.45) is 5.92 Å². The van der Waals surface area contributed by atoms with E-state index in [1.807, 2.05) is 4.90 Å². The van der Waals surface area contributed by atoms with Gasteiger partial charge in [0, 0.05) is 13.0 Å². The van der Waals surface area contributed by atoms with Gasteiger partial charge in [-0.2, -0.15) is 0 Å². The van der Waals surface area contributed by atoms with Gasteiger partial charge in [-0.15, -0.1) is 0 Å². The molecule has 0 aromatic heterocycles. The number of carbonyl (C=O) groups is 2. The van der Waals surface area contributed by atoms with E-state index in [2.05, 4.69) is 41.5 Å². The van der Waals surface area contributed by atoms with E-state index >= 15 is 0 Å². The Labute approximate surface area is 159 Å². The Balaban J connectivity index is 2.38. The number of carbonyl (C=O) groups excluding carboxylic acids is 2. The highest BCUT2D eigenvalue weighted by Crippen LogP contribution is 2.46. The van der Waals surface area contributed by atoms with Gasteiger partial charge in [0.15, 0.2) is 0 Å². The maximum Gasteiger partial charge on any atom is 0.310 e. The lowest BCUT2D eigenvalue weighted by molar-refractivity contribution is -0.149. The Morgan fingerprint density at radius 3 is 2.15 bits per heavy atom. The largest absolute Gasteiger partial charge is 0.469 e. The lowest BCUT2D eigenvalue weighted by Gasteiger charge is -2.45. The minimum atomic E-state index is -2.07. The summed E-state index contributed by atoms with van der Waals surface area (Å²) in [4.78, 5) is 27.0. The third-order valence-corrected chi connectivity index (χ3v) is 12.7. The Kier molecular flexibility index (Phi) is 6.94. The van der Waals surface area contributed by atoms with Gasteiger partial charge in [-0.3, -0.25) is 9.59 Å². The van der Waals surface area contributed by atoms with E-state index in [0.29, 0.717) is 36.0 Å². The molecule has 2 rings (SSSR count). The fraction of sp³-hybridized carbons (Fsp3) is 0.900. The van der Waals surface area contributed by atoms with Crippen LogP contribution in [0.15, 0.2) is 0 Å². The summed E-state index contributed by atoms with van der Waals surface area (Å²) < 4.78 is 12.1. The van der Waals surface area contributed by atoms with E-state index < -0.39 is 8.32 Å². The van der Waals surface area contributed by atoms with Crippen LogP contribution in [0.2, 0.25) is 16.6 Å². The second kappa shape index (κ2) is 8.42. The molecule has 150 valence electrons. The number of ether oxygens (including phenoxy) is 1. The van der Waals surface area contributed by atoms with Crippen molar-refractivity contribution < 1.29 is 18.8 Å². The molecule has 2 fully saturated rings. The van der Waals surface area contributed by atoms with Crippen LogP contribution in [-0.2, 0) is 18.8 Å². The first-order valence-corrected chi connectivity index (χ1v) is 12.4. The molecule has 2 saturated heterocycles. The molecule has 0 N–H and O–H groups in total. The number of methoxy groups -OCH3 is 1. The number of hydrogen-bond donors (Lipinski definition) is 0. The van der Waals surface area contributed by atoms with Crippen LogP contribution in [0, 0.1) is 5.92 Å². The molecule has 0 aromatic rings. The average molecular weight is 384 g/mol. The zero-order valence-electron chi connectivity index (χ0n) is 17.6. The van der Waals surface area contributed by atoms with Gasteiger partial charge in [0.05, 0.1) is 25.2 Å². The van der Waals surface area contributed by atoms with E-state index in [1.165, 1.54) is 7.11 Å². The average Bonchev–Trinajstić information content (AvgIpc) is 2.90. The standard InChI is InChI=1S/C20H37NO4Si/c1-13(2)26(14(3)4,15(5)6)25-17-11-12-21-18(22)10-8-9-16(19(17)21)20(23)24-7/h13-17,19H,8-12H2,1-7H3/t16-,17-,19+/m0/s1. The highest BCUT2D eigenvalue weighted by atomic mass is 28.4. The van der Waals surface area contributed by atoms with Crippen LogP contribution in [0.25, 0.3) is 0 Å². The van der Waals surface area contributed by atoms with Crippen molar-refractivity contribution in [2.75, 3.05) is 13.7 Å². The topological polar surface area (TPSA) is 55.8 Å². The molecule has 0 saturated carbocycles. The molecule has 1 amide bonds. The summed E-state index contributed by atoms with van der Waals surface area (Å²) in [6, 6.07) is -0.166. The molecule has 0 radical (unpaired) electrons. The summed E-state index contributed by atoms with van der Waals surface area (Å²) in [5.41, 5.74) is 1.44. The zero-order chi connectivity index (χ0) is 19.6. The number of hydrogen-bond acceptors (Lipinski definition) is 4. The van der Waals surface area contributed by atoms with Crippen molar-refractivity contribution in [3.63, 3.8) is 0 Å². The van der Waals surface area contributed by atoms with Gasteiger partial charge in [0.1, 0.15) is 0 Å². The van der Waals surface area contributed by atoms with Crippen molar-refractivity contribution in [2.45, 2.75) is 96.0 Å². The molecule has 3 atom stereocenters. The van der Waals surface area contributed by atoms with Crippen molar-refractivity contribution in [3.05, 3.63) is 0 Å². The predicted molar refractivity (Wildman–Crippen MR) is 105 cm³/mol. The molecule has 0 spiro atoms. The molecule has 0 aliphatic carbocycles. The van der Waals surface area contributed by atoms with Gasteiger partial charge in [-0.05, 0) is 35.9 Å². The van der Waals surface area contributed by atoms with Gasteiger partial charge in [-0.1, -0.05) is 41.5 Å². The van der Waals surface area contributed by atoms with Crippen molar-refractivity contribution in [1.82, 2.24) is 4.90 Å². The summed E-state index contributed by atoms with van der Waals surface area (Å²) in [7, 11) is -0.628. The number of nitrogens with zero attached hydrogens (tertiary/aromatic N) is 1. The Morgan fingerprint density at radius 2 is 1.65 bits per heavy atom. The molecular weight excluding hydrogens is 346 g/mol. The summed E-state index contributed by atoms with van der Waals surface area (Å²) in [5.74, 6) is -0.299. The SMILES string of the molecule is COC(=O)[C@H]1CCCC(=O)N2CC[C@H](O[Si](C(C)C)(C(C)C)C(C)C)[C@@H]12. The first-order valence-electron chi connectivity index (χ1n) is 10.2. The first kappa shape index (κ1) is 21.4. The van der Waals surface area contributed by atoms with Crippen LogP contribution in [0.3, 0.4) is 0 Å². The van der Waals surface area contributed by atoms with E-state index in [0.717, 1.165) is 12.8 Å². The summed E-state index contributed by atoms with van der Waals surface area (Å²) in [6.45, 7) is 14.3. The third-order valence-electron chi connectivity index (χ3n) is 6.60. The van der Waals surface area contributed by atoms with E-state index in [-0.39, 0.29) is 29.9 Å². The highest BCUT2D eigenvalue weighted by Gasteiger charge is 2.53. The highest BCUT2D eigenvalue weighted by molar-refractivity contribution is 6.77. The van der Waals surface area contributed by atoms with Crippen LogP contribution >= 0.6 is 0 Å². The Hall–Kier alpha value is -0.883. The monoisotopic (exact) mass is 383 g/mol. The van der Waals surface area contributed by atoms with Crippen molar-refractivity contribution >= 4 is 20.2 Å². The van der Waals surface area contributed by atoms with Crippen LogP contribution in [0.4, 0.5) is 0 Å². The fourth-order valence-electron chi connectivity index (χ4n) is 5.55. The molecule has 2 aliphatic heterocycles. The van der Waals surface area contributed by atoms with Gasteiger partial charge in [0.2, 0.25) is 14.2 Å². The summed E-state index contributed by atoms with van der Waals surface area (Å²) >= 11 is 0. The molecule has 2 heterocycles. The first-order chi connectivity index (χ1) is 12.2. The van der Waals surface area contributed by atoms with Crippen molar-refractivity contribution in [3.8, 4) is 0 Å². The lowest BCUT2D eigenvalue weighted by atomic mass is 9.92. The minimum absolute atomic E-state index is 0.0555. The lowest BCUT2D eigenvalue weighted by Crippen LogP contribution is -2.54. The molecule has 2 aliphatic rings. The zero-order valence-corrected chi connectivity index (χ0v) is 18.6. The molecule has 0 unspecified atom stereocenters. The van der Waals surface area contributed by atoms with Crippen LogP contribution < -0.4 is 0 Å². The second-order valence-corrected chi connectivity index (χ2v) is 14.3. The van der Waals surface area contributed by atoms with Gasteiger partial charge < -0.3 is 14.1 Å². The van der Waals surface area contributed by atoms with Crippen LogP contribution in [-0.4, -0.2) is 50.9 Å². The maximum atomic E-state index is 12.6. The van der Waals surface area contributed by atoms with Gasteiger partial charge in [0.25, 0.3) is 0 Å². The van der Waals surface area contributed by atoms with Gasteiger partial charge in [-0.25, -0.2) is 0 Å². The van der Waals surface area contributed by atoms with Crippen molar-refractivity contribution in [1.29, 1.82) is 0 Å². The molecule has 6 heteroatoms. The van der Waals surface area contributed by atoms with Crippen LogP contribution in [0.5, 0.6) is 0 Å². The number of esters is 1. The molecule has 5 nitrogen and oxygen atoms in total. The summed E-state index contributed by atoms with van der Waals surface area (Å²) in [6.07, 6.45) is 2.75. The quantitative estimate of drug-likeness (QED) is 0.511. The summed E-state index contributed by atoms with van der Waals surface area (Å²) in [5, 5.41) is 0. The molecule has 26 heavy (non-hydrogen) atoms. The van der Waals surface area contributed by atoms with E-state index in [4.69, 9.17) is 9.16 Å². The Morgan fingerprint density at radius 1 is 1.08 bits per heavy atom. The van der Waals surface area contributed by atoms with E-state index in [9.17, 15) is 9.59 Å². The minimum Gasteiger partial charge on any atom is -0.469 e. The molecular formula is C20H37NO4Si. The van der Waals surface area contributed by atoms with Gasteiger partial charge >= 0.3 is 5.97 Å². The van der Waals surface area contributed by atoms with Crippen LogP contribution in [0.1, 0.15) is 67.2 Å². The fourth-order valence-corrected chi connectivity index (χ4v) is 11.1. The maximum absolute atomic E-state index is 12.6. The Bertz CT molecular complexity index is 498. The van der Waals surface area contributed by atoms with E-state index in [1.54, 1.807) is 0 Å². The second-order valence-electron chi connectivity index (χ2n) is 8.86. The number of rotatable bonds is 6. The third kappa shape index (κ3) is 3.72. The molecule has 0 bridgehead atoms. The predicted octanol–water partition coefficient (Wildman–Crippen LogP) is 4.12. The smallest absolute Gasteiger partial charge is 0.310 e.